The van der Waals surface area contributed by atoms with Crippen molar-refractivity contribution in [3.63, 3.8) is 0 Å². The zero-order valence-corrected chi connectivity index (χ0v) is 16.1. The highest BCUT2D eigenvalue weighted by atomic mass is 32.2. The third kappa shape index (κ3) is 3.71. The third-order valence-corrected chi connectivity index (χ3v) is 6.48. The van der Waals surface area contributed by atoms with Gasteiger partial charge in [0.1, 0.15) is 0 Å². The van der Waals surface area contributed by atoms with E-state index in [0.29, 0.717) is 11.1 Å². The third-order valence-electron chi connectivity index (χ3n) is 5.07. The minimum Gasteiger partial charge on any atom is -0.309 e. The molecule has 0 radical (unpaired) electrons. The molecule has 0 atom stereocenters. The molecule has 2 aliphatic heterocycles. The fourth-order valence-corrected chi connectivity index (χ4v) is 4.62. The van der Waals surface area contributed by atoms with E-state index < -0.39 is 10.0 Å². The number of carbonyl (C=O) groups excluding carboxylic acids is 2. The lowest BCUT2D eigenvalue weighted by Gasteiger charge is -2.14. The van der Waals surface area contributed by atoms with Gasteiger partial charge >= 0.3 is 0 Å². The fourth-order valence-electron chi connectivity index (χ4n) is 3.58. The van der Waals surface area contributed by atoms with Crippen LogP contribution in [0.15, 0.2) is 42.5 Å². The van der Waals surface area contributed by atoms with Crippen molar-refractivity contribution in [2.24, 2.45) is 0 Å². The van der Waals surface area contributed by atoms with Crippen molar-refractivity contribution in [1.29, 1.82) is 0 Å². The molecule has 7 nitrogen and oxygen atoms in total. The van der Waals surface area contributed by atoms with Crippen LogP contribution in [-0.2, 0) is 29.7 Å². The van der Waals surface area contributed by atoms with Crippen LogP contribution in [-0.4, -0.2) is 37.4 Å². The lowest BCUT2D eigenvalue weighted by molar-refractivity contribution is 0.0654. The van der Waals surface area contributed by atoms with Gasteiger partial charge in [-0.25, -0.2) is 13.1 Å². The zero-order valence-electron chi connectivity index (χ0n) is 15.3. The Morgan fingerprint density at radius 1 is 0.964 bits per heavy atom. The van der Waals surface area contributed by atoms with Crippen molar-refractivity contribution in [3.05, 3.63) is 70.3 Å². The lowest BCUT2D eigenvalue weighted by Crippen LogP contribution is -2.33. The number of benzene rings is 2. The molecule has 8 heteroatoms. The summed E-state index contributed by atoms with van der Waals surface area (Å²) in [5, 5.41) is 3.26. The van der Waals surface area contributed by atoms with Crippen LogP contribution in [0.25, 0.3) is 0 Å². The number of fused-ring (bicyclic) bond motifs is 2. The Balaban J connectivity index is 1.30. The summed E-state index contributed by atoms with van der Waals surface area (Å²) in [5.41, 5.74) is 4.10. The molecule has 0 aliphatic carbocycles. The van der Waals surface area contributed by atoms with Gasteiger partial charge in [0.05, 0.1) is 16.9 Å². The summed E-state index contributed by atoms with van der Waals surface area (Å²) in [6, 6.07) is 12.6. The summed E-state index contributed by atoms with van der Waals surface area (Å²) in [7, 11) is -3.50. The number of hydrogen-bond donors (Lipinski definition) is 2. The van der Waals surface area contributed by atoms with Crippen LogP contribution in [0.2, 0.25) is 0 Å². The van der Waals surface area contributed by atoms with E-state index in [1.54, 1.807) is 24.3 Å². The van der Waals surface area contributed by atoms with Crippen molar-refractivity contribution >= 4 is 21.8 Å². The quantitative estimate of drug-likeness (QED) is 0.686. The molecule has 0 bridgehead atoms. The Bertz CT molecular complexity index is 1010. The van der Waals surface area contributed by atoms with Gasteiger partial charge in [0.25, 0.3) is 11.8 Å². The highest BCUT2D eigenvalue weighted by molar-refractivity contribution is 7.89. The van der Waals surface area contributed by atoms with Gasteiger partial charge in [-0.2, -0.15) is 0 Å². The molecule has 2 aliphatic rings. The Morgan fingerprint density at radius 3 is 2.36 bits per heavy atom. The van der Waals surface area contributed by atoms with Gasteiger partial charge in [-0.05, 0) is 35.2 Å². The monoisotopic (exact) mass is 399 g/mol. The Kier molecular flexibility index (Phi) is 5.01. The number of amides is 2. The zero-order chi connectivity index (χ0) is 19.7. The van der Waals surface area contributed by atoms with Gasteiger partial charge in [0.2, 0.25) is 10.0 Å². The molecule has 2 N–H and O–H groups in total. The molecule has 28 heavy (non-hydrogen) atoms. The predicted molar refractivity (Wildman–Crippen MR) is 104 cm³/mol. The van der Waals surface area contributed by atoms with Gasteiger partial charge in [0, 0.05) is 26.2 Å². The molecule has 0 unspecified atom stereocenters. The first-order valence-electron chi connectivity index (χ1n) is 9.18. The Hall–Kier alpha value is -2.55. The summed E-state index contributed by atoms with van der Waals surface area (Å²) in [4.78, 5) is 25.7. The first-order chi connectivity index (χ1) is 13.4. The van der Waals surface area contributed by atoms with E-state index in [1.165, 1.54) is 11.1 Å². The average Bonchev–Trinajstić information content (AvgIpc) is 3.25. The fraction of sp³-hybridized carbons (Fsp3) is 0.300. The van der Waals surface area contributed by atoms with Crippen LogP contribution >= 0.6 is 0 Å². The lowest BCUT2D eigenvalue weighted by atomic mass is 10.1. The predicted octanol–water partition coefficient (Wildman–Crippen LogP) is 1.40. The molecule has 4 rings (SSSR count). The first kappa shape index (κ1) is 18.8. The van der Waals surface area contributed by atoms with Gasteiger partial charge in [-0.15, -0.1) is 0 Å². The van der Waals surface area contributed by atoms with Crippen LogP contribution in [0.4, 0.5) is 0 Å². The second-order valence-electron chi connectivity index (χ2n) is 7.01. The van der Waals surface area contributed by atoms with E-state index in [9.17, 15) is 18.0 Å². The largest absolute Gasteiger partial charge is 0.309 e. The molecule has 2 aromatic rings. The van der Waals surface area contributed by atoms with E-state index in [0.717, 1.165) is 23.6 Å². The van der Waals surface area contributed by atoms with Crippen LogP contribution in [0.1, 0.15) is 43.8 Å². The maximum Gasteiger partial charge on any atom is 0.261 e. The van der Waals surface area contributed by atoms with Crippen molar-refractivity contribution in [1.82, 2.24) is 14.9 Å². The SMILES string of the molecule is O=C1c2ccccc2C(=O)N1CCCS(=O)(=O)NCc1ccc2c(c1)CNC2. The van der Waals surface area contributed by atoms with Gasteiger partial charge in [-0.1, -0.05) is 30.3 Å². The van der Waals surface area contributed by atoms with Gasteiger partial charge in [-0.3, -0.25) is 14.5 Å². The second-order valence-corrected chi connectivity index (χ2v) is 8.93. The van der Waals surface area contributed by atoms with Gasteiger partial charge < -0.3 is 5.32 Å². The smallest absolute Gasteiger partial charge is 0.261 e. The Morgan fingerprint density at radius 2 is 1.64 bits per heavy atom. The topological polar surface area (TPSA) is 95.6 Å². The van der Waals surface area contributed by atoms with Crippen molar-refractivity contribution in [2.45, 2.75) is 26.1 Å². The first-order valence-corrected chi connectivity index (χ1v) is 10.8. The number of carbonyl (C=O) groups is 2. The molecule has 0 saturated carbocycles. The second kappa shape index (κ2) is 7.46. The summed E-state index contributed by atoms with van der Waals surface area (Å²) >= 11 is 0. The molecule has 2 heterocycles. The van der Waals surface area contributed by atoms with Crippen molar-refractivity contribution in [3.8, 4) is 0 Å². The standard InChI is InChI=1S/C20H21N3O4S/c24-19-17-4-1-2-5-18(17)20(25)23(19)8-3-9-28(26,27)22-11-14-6-7-15-12-21-13-16(15)10-14/h1-2,4-7,10,21-22H,3,8-9,11-13H2. The molecule has 0 fully saturated rings. The normalized spacial score (nSPS) is 15.8. The summed E-state index contributed by atoms with van der Waals surface area (Å²) in [6.45, 7) is 1.95. The van der Waals surface area contributed by atoms with Crippen molar-refractivity contribution in [2.75, 3.05) is 12.3 Å². The van der Waals surface area contributed by atoms with E-state index in [-0.39, 0.29) is 37.1 Å². The highest BCUT2D eigenvalue weighted by Gasteiger charge is 2.34. The maximum atomic E-state index is 12.3. The summed E-state index contributed by atoms with van der Waals surface area (Å²) in [5.74, 6) is -0.872. The number of nitrogens with zero attached hydrogens (tertiary/aromatic N) is 1. The van der Waals surface area contributed by atoms with Crippen LogP contribution in [0.3, 0.4) is 0 Å². The van der Waals surface area contributed by atoms with E-state index in [1.807, 2.05) is 18.2 Å². The van der Waals surface area contributed by atoms with Crippen molar-refractivity contribution < 1.29 is 18.0 Å². The Labute approximate surface area is 163 Å². The van der Waals surface area contributed by atoms with Crippen LogP contribution in [0.5, 0.6) is 0 Å². The van der Waals surface area contributed by atoms with E-state index >= 15 is 0 Å². The number of rotatable bonds is 7. The molecular formula is C20H21N3O4S. The maximum absolute atomic E-state index is 12.3. The molecule has 2 amide bonds. The highest BCUT2D eigenvalue weighted by Crippen LogP contribution is 2.22. The molecular weight excluding hydrogens is 378 g/mol. The average molecular weight is 399 g/mol. The number of nitrogens with one attached hydrogen (secondary N) is 2. The number of hydrogen-bond acceptors (Lipinski definition) is 5. The number of imide groups is 1. The minimum atomic E-state index is -3.50. The molecule has 0 aromatic heterocycles. The molecule has 146 valence electrons. The molecule has 2 aromatic carbocycles. The van der Waals surface area contributed by atoms with E-state index in [4.69, 9.17) is 0 Å². The van der Waals surface area contributed by atoms with Crippen LogP contribution < -0.4 is 10.0 Å². The number of sulfonamides is 1. The summed E-state index contributed by atoms with van der Waals surface area (Å²) < 4.78 is 27.2. The molecule has 0 saturated heterocycles. The summed E-state index contributed by atoms with van der Waals surface area (Å²) in [6.07, 6.45) is 0.189. The van der Waals surface area contributed by atoms with Crippen LogP contribution in [0, 0.1) is 0 Å². The minimum absolute atomic E-state index is 0.0811. The van der Waals surface area contributed by atoms with Gasteiger partial charge in [0.15, 0.2) is 0 Å². The van der Waals surface area contributed by atoms with E-state index in [2.05, 4.69) is 10.0 Å². The molecule has 0 spiro atoms.